The van der Waals surface area contributed by atoms with Gasteiger partial charge < -0.3 is 15.7 Å². The van der Waals surface area contributed by atoms with Crippen molar-refractivity contribution >= 4 is 11.9 Å². The number of aromatic carboxylic acids is 1. The first-order valence-corrected chi connectivity index (χ1v) is 5.84. The summed E-state index contributed by atoms with van der Waals surface area (Å²) in [4.78, 5) is 19.7. The lowest BCUT2D eigenvalue weighted by Crippen LogP contribution is -2.28. The van der Waals surface area contributed by atoms with E-state index in [1.165, 1.54) is 0 Å². The molecule has 0 saturated heterocycles. The van der Waals surface area contributed by atoms with Gasteiger partial charge in [0, 0.05) is 18.2 Å². The highest BCUT2D eigenvalue weighted by atomic mass is 16.4. The number of nitrogens with one attached hydrogen (secondary N) is 2. The number of carboxylic acid groups (broad SMARTS) is 1. The first-order chi connectivity index (χ1) is 8.24. The standard InChI is InChI=1S/C11H14N4O2/c16-10(17)9-7-3-4-12-5-8(7)14-11(15-9)13-6-1-2-6/h6,12H,1-5H2,(H,16,17)(H,13,14,15). The van der Waals surface area contributed by atoms with Crippen LogP contribution < -0.4 is 10.6 Å². The first-order valence-electron chi connectivity index (χ1n) is 5.84. The Bertz CT molecular complexity index is 471. The largest absolute Gasteiger partial charge is 0.476 e. The van der Waals surface area contributed by atoms with Gasteiger partial charge in [-0.05, 0) is 25.8 Å². The summed E-state index contributed by atoms with van der Waals surface area (Å²) in [6.45, 7) is 1.41. The molecule has 17 heavy (non-hydrogen) atoms. The van der Waals surface area contributed by atoms with Gasteiger partial charge >= 0.3 is 5.97 Å². The molecule has 0 atom stereocenters. The summed E-state index contributed by atoms with van der Waals surface area (Å²) in [5.41, 5.74) is 1.74. The summed E-state index contributed by atoms with van der Waals surface area (Å²) in [7, 11) is 0. The van der Waals surface area contributed by atoms with Crippen LogP contribution in [-0.2, 0) is 13.0 Å². The van der Waals surface area contributed by atoms with Gasteiger partial charge in [-0.15, -0.1) is 0 Å². The van der Waals surface area contributed by atoms with Gasteiger partial charge in [-0.2, -0.15) is 0 Å². The molecular formula is C11H14N4O2. The van der Waals surface area contributed by atoms with Crippen LogP contribution in [0.25, 0.3) is 0 Å². The fourth-order valence-electron chi connectivity index (χ4n) is 2.01. The molecule has 3 rings (SSSR count). The van der Waals surface area contributed by atoms with Crippen molar-refractivity contribution in [3.8, 4) is 0 Å². The predicted octanol–water partition coefficient (Wildman–Crippen LogP) is 0.395. The van der Waals surface area contributed by atoms with E-state index in [1.807, 2.05) is 0 Å². The van der Waals surface area contributed by atoms with Crippen LogP contribution >= 0.6 is 0 Å². The van der Waals surface area contributed by atoms with Crippen molar-refractivity contribution in [2.45, 2.75) is 31.8 Å². The second-order valence-electron chi connectivity index (χ2n) is 4.47. The van der Waals surface area contributed by atoms with Crippen LogP contribution in [0.2, 0.25) is 0 Å². The minimum Gasteiger partial charge on any atom is -0.476 e. The third-order valence-electron chi connectivity index (χ3n) is 3.05. The summed E-state index contributed by atoms with van der Waals surface area (Å²) in [6.07, 6.45) is 2.91. The molecule has 0 aromatic carbocycles. The van der Waals surface area contributed by atoms with Gasteiger partial charge in [-0.3, -0.25) is 0 Å². The second-order valence-corrected chi connectivity index (χ2v) is 4.47. The third-order valence-corrected chi connectivity index (χ3v) is 3.05. The van der Waals surface area contributed by atoms with Crippen LogP contribution in [0.5, 0.6) is 0 Å². The highest BCUT2D eigenvalue weighted by Gasteiger charge is 2.25. The van der Waals surface area contributed by atoms with Crippen LogP contribution in [0.15, 0.2) is 0 Å². The maximum absolute atomic E-state index is 11.2. The summed E-state index contributed by atoms with van der Waals surface area (Å²) < 4.78 is 0. The number of nitrogens with zero attached hydrogens (tertiary/aromatic N) is 2. The van der Waals surface area contributed by atoms with E-state index in [-0.39, 0.29) is 5.69 Å². The van der Waals surface area contributed by atoms with Gasteiger partial charge in [-0.1, -0.05) is 0 Å². The van der Waals surface area contributed by atoms with Crippen molar-refractivity contribution in [1.29, 1.82) is 0 Å². The highest BCUT2D eigenvalue weighted by molar-refractivity contribution is 5.87. The Morgan fingerprint density at radius 2 is 2.24 bits per heavy atom. The number of carboxylic acids is 1. The molecule has 6 heteroatoms. The molecule has 1 aromatic heterocycles. The maximum atomic E-state index is 11.2. The second kappa shape index (κ2) is 3.96. The zero-order valence-electron chi connectivity index (χ0n) is 9.36. The molecule has 90 valence electrons. The minimum atomic E-state index is -0.968. The molecule has 0 radical (unpaired) electrons. The van der Waals surface area contributed by atoms with E-state index in [2.05, 4.69) is 20.6 Å². The van der Waals surface area contributed by atoms with Crippen molar-refractivity contribution < 1.29 is 9.90 Å². The Hall–Kier alpha value is -1.69. The Kier molecular flexibility index (Phi) is 2.44. The van der Waals surface area contributed by atoms with Crippen molar-refractivity contribution in [2.75, 3.05) is 11.9 Å². The molecule has 1 aliphatic carbocycles. The molecule has 1 fully saturated rings. The number of anilines is 1. The molecule has 3 N–H and O–H groups in total. The summed E-state index contributed by atoms with van der Waals surface area (Å²) >= 11 is 0. The van der Waals surface area contributed by atoms with Gasteiger partial charge in [0.2, 0.25) is 5.95 Å². The fraction of sp³-hybridized carbons (Fsp3) is 0.545. The smallest absolute Gasteiger partial charge is 0.354 e. The Balaban J connectivity index is 2.00. The lowest BCUT2D eigenvalue weighted by atomic mass is 10.0. The van der Waals surface area contributed by atoms with Crippen molar-refractivity contribution in [3.63, 3.8) is 0 Å². The Morgan fingerprint density at radius 3 is 2.94 bits per heavy atom. The average molecular weight is 234 g/mol. The Morgan fingerprint density at radius 1 is 1.41 bits per heavy atom. The molecule has 0 bridgehead atoms. The van der Waals surface area contributed by atoms with Crippen molar-refractivity contribution in [1.82, 2.24) is 15.3 Å². The molecule has 1 aliphatic heterocycles. The molecule has 1 saturated carbocycles. The normalized spacial score (nSPS) is 18.6. The molecular weight excluding hydrogens is 220 g/mol. The number of carbonyl (C=O) groups is 1. The number of hydrogen-bond donors (Lipinski definition) is 3. The zero-order chi connectivity index (χ0) is 11.8. The van der Waals surface area contributed by atoms with E-state index in [0.717, 1.165) is 30.6 Å². The maximum Gasteiger partial charge on any atom is 0.354 e. The van der Waals surface area contributed by atoms with Gasteiger partial charge in [0.25, 0.3) is 0 Å². The van der Waals surface area contributed by atoms with Crippen molar-refractivity contribution in [2.24, 2.45) is 0 Å². The number of hydrogen-bond acceptors (Lipinski definition) is 5. The van der Waals surface area contributed by atoms with Crippen LogP contribution in [-0.4, -0.2) is 33.6 Å². The van der Waals surface area contributed by atoms with Gasteiger partial charge in [0.05, 0.1) is 5.69 Å². The van der Waals surface area contributed by atoms with E-state index in [9.17, 15) is 9.90 Å². The van der Waals surface area contributed by atoms with Gasteiger partial charge in [0.15, 0.2) is 5.69 Å². The summed E-state index contributed by atoms with van der Waals surface area (Å²) in [5.74, 6) is -0.517. The minimum absolute atomic E-state index is 0.152. The van der Waals surface area contributed by atoms with E-state index in [4.69, 9.17) is 0 Å². The zero-order valence-corrected chi connectivity index (χ0v) is 9.36. The summed E-state index contributed by atoms with van der Waals surface area (Å²) in [6, 6.07) is 0.422. The molecule has 2 heterocycles. The van der Waals surface area contributed by atoms with Crippen LogP contribution in [0, 0.1) is 0 Å². The highest BCUT2D eigenvalue weighted by Crippen LogP contribution is 2.24. The number of aromatic nitrogens is 2. The first kappa shape index (κ1) is 10.5. The molecule has 2 aliphatic rings. The monoisotopic (exact) mass is 234 g/mol. The van der Waals surface area contributed by atoms with Crippen LogP contribution in [0.1, 0.15) is 34.6 Å². The van der Waals surface area contributed by atoms with Crippen molar-refractivity contribution in [3.05, 3.63) is 17.0 Å². The molecule has 0 amide bonds. The van der Waals surface area contributed by atoms with Gasteiger partial charge in [0.1, 0.15) is 0 Å². The molecule has 1 aromatic rings. The number of fused-ring (bicyclic) bond motifs is 1. The molecule has 0 spiro atoms. The van der Waals surface area contributed by atoms with Crippen LogP contribution in [0.4, 0.5) is 5.95 Å². The Labute approximate surface area is 98.5 Å². The lowest BCUT2D eigenvalue weighted by molar-refractivity contribution is 0.0688. The third kappa shape index (κ3) is 2.08. The predicted molar refractivity (Wildman–Crippen MR) is 61.0 cm³/mol. The topological polar surface area (TPSA) is 87.1 Å². The lowest BCUT2D eigenvalue weighted by Gasteiger charge is -2.18. The van der Waals surface area contributed by atoms with Crippen LogP contribution in [0.3, 0.4) is 0 Å². The average Bonchev–Trinajstić information content (AvgIpc) is 3.11. The fourth-order valence-corrected chi connectivity index (χ4v) is 2.01. The quantitative estimate of drug-likeness (QED) is 0.701. The SMILES string of the molecule is O=C(O)c1nc(NC2CC2)nc2c1CCNC2. The van der Waals surface area contributed by atoms with E-state index < -0.39 is 5.97 Å². The van der Waals surface area contributed by atoms with E-state index in [0.29, 0.717) is 25.0 Å². The van der Waals surface area contributed by atoms with Gasteiger partial charge in [-0.25, -0.2) is 14.8 Å². The van der Waals surface area contributed by atoms with E-state index in [1.54, 1.807) is 0 Å². The molecule has 6 nitrogen and oxygen atoms in total. The van der Waals surface area contributed by atoms with E-state index >= 15 is 0 Å². The number of rotatable bonds is 3. The summed E-state index contributed by atoms with van der Waals surface area (Å²) in [5, 5.41) is 15.5. The molecule has 0 unspecified atom stereocenters.